The van der Waals surface area contributed by atoms with Crippen LogP contribution >= 0.6 is 0 Å². The monoisotopic (exact) mass is 346 g/mol. The van der Waals surface area contributed by atoms with E-state index in [1.54, 1.807) is 12.1 Å². The number of hydrogen-bond acceptors (Lipinski definition) is 3. The number of anilines is 1. The van der Waals surface area contributed by atoms with Gasteiger partial charge in [0.15, 0.2) is 5.78 Å². The second kappa shape index (κ2) is 8.12. The van der Waals surface area contributed by atoms with Crippen LogP contribution in [0.25, 0.3) is 5.70 Å². The Labute approximate surface area is 152 Å². The van der Waals surface area contributed by atoms with Crippen LogP contribution in [0.5, 0.6) is 0 Å². The molecule has 0 aliphatic heterocycles. The topological polar surface area (TPSA) is 55.1 Å². The quantitative estimate of drug-likeness (QED) is 0.395. The standard InChI is InChI=1S/C22H19FN2O/c23-20-9-5-4-8-19(20)22(26)14-21(17-6-2-1-3-7-17)25-15-16-10-12-18(24)13-11-16/h1-14,25H,15,24H2/b21-14-. The highest BCUT2D eigenvalue weighted by Gasteiger charge is 2.11. The van der Waals surface area contributed by atoms with Gasteiger partial charge in [0.2, 0.25) is 0 Å². The van der Waals surface area contributed by atoms with Gasteiger partial charge in [-0.2, -0.15) is 0 Å². The van der Waals surface area contributed by atoms with E-state index in [0.29, 0.717) is 17.9 Å². The molecule has 4 heteroatoms. The summed E-state index contributed by atoms with van der Waals surface area (Å²) in [6.45, 7) is 0.519. The van der Waals surface area contributed by atoms with Gasteiger partial charge in [-0.25, -0.2) is 4.39 Å². The molecule has 0 spiro atoms. The Morgan fingerprint density at radius 1 is 0.923 bits per heavy atom. The van der Waals surface area contributed by atoms with E-state index >= 15 is 0 Å². The van der Waals surface area contributed by atoms with Crippen molar-refractivity contribution in [2.24, 2.45) is 0 Å². The van der Waals surface area contributed by atoms with E-state index in [0.717, 1.165) is 11.1 Å². The molecule has 0 radical (unpaired) electrons. The van der Waals surface area contributed by atoms with E-state index in [1.165, 1.54) is 18.2 Å². The third-order valence-corrected chi connectivity index (χ3v) is 3.96. The molecule has 0 amide bonds. The van der Waals surface area contributed by atoms with E-state index in [4.69, 9.17) is 5.73 Å². The number of nitrogen functional groups attached to an aromatic ring is 1. The molecule has 26 heavy (non-hydrogen) atoms. The van der Waals surface area contributed by atoms with Gasteiger partial charge < -0.3 is 11.1 Å². The fourth-order valence-corrected chi connectivity index (χ4v) is 2.56. The molecule has 0 saturated carbocycles. The van der Waals surface area contributed by atoms with Gasteiger partial charge in [-0.3, -0.25) is 4.79 Å². The molecule has 3 N–H and O–H groups in total. The molecule has 0 atom stereocenters. The maximum absolute atomic E-state index is 13.9. The van der Waals surface area contributed by atoms with Gasteiger partial charge >= 0.3 is 0 Å². The van der Waals surface area contributed by atoms with Crippen molar-refractivity contribution in [3.63, 3.8) is 0 Å². The second-order valence-corrected chi connectivity index (χ2v) is 5.86. The van der Waals surface area contributed by atoms with Crippen molar-refractivity contribution in [1.82, 2.24) is 5.32 Å². The molecular weight excluding hydrogens is 327 g/mol. The van der Waals surface area contributed by atoms with E-state index < -0.39 is 5.82 Å². The number of allylic oxidation sites excluding steroid dienone is 1. The van der Waals surface area contributed by atoms with Crippen LogP contribution in [0.15, 0.2) is 84.9 Å². The van der Waals surface area contributed by atoms with Crippen molar-refractivity contribution < 1.29 is 9.18 Å². The normalized spacial score (nSPS) is 11.2. The Bertz CT molecular complexity index is 918. The molecule has 0 saturated heterocycles. The summed E-state index contributed by atoms with van der Waals surface area (Å²) in [4.78, 5) is 12.5. The third-order valence-electron chi connectivity index (χ3n) is 3.96. The zero-order chi connectivity index (χ0) is 18.4. The van der Waals surface area contributed by atoms with Crippen LogP contribution in [0.3, 0.4) is 0 Å². The molecule has 0 heterocycles. The lowest BCUT2D eigenvalue weighted by molar-refractivity contribution is 0.104. The molecule has 0 bridgehead atoms. The maximum atomic E-state index is 13.9. The molecule has 3 aromatic carbocycles. The molecule has 3 nitrogen and oxygen atoms in total. The van der Waals surface area contributed by atoms with Crippen molar-refractivity contribution in [3.05, 3.63) is 107 Å². The number of ketones is 1. The number of hydrogen-bond donors (Lipinski definition) is 2. The average molecular weight is 346 g/mol. The van der Waals surface area contributed by atoms with Gasteiger partial charge in [-0.1, -0.05) is 54.6 Å². The molecule has 0 aromatic heterocycles. The number of rotatable bonds is 6. The first-order valence-electron chi connectivity index (χ1n) is 8.28. The summed E-state index contributed by atoms with van der Waals surface area (Å²) >= 11 is 0. The Kier molecular flexibility index (Phi) is 5.44. The van der Waals surface area contributed by atoms with E-state index in [1.807, 2.05) is 54.6 Å². The lowest BCUT2D eigenvalue weighted by Crippen LogP contribution is -2.14. The molecule has 130 valence electrons. The van der Waals surface area contributed by atoms with Crippen LogP contribution in [0.4, 0.5) is 10.1 Å². The summed E-state index contributed by atoms with van der Waals surface area (Å²) in [6.07, 6.45) is 1.44. The van der Waals surface area contributed by atoms with Crippen LogP contribution in [0.2, 0.25) is 0 Å². The van der Waals surface area contributed by atoms with Crippen LogP contribution in [0.1, 0.15) is 21.5 Å². The lowest BCUT2D eigenvalue weighted by Gasteiger charge is -2.12. The molecular formula is C22H19FN2O. The Morgan fingerprint density at radius 3 is 2.27 bits per heavy atom. The minimum absolute atomic E-state index is 0.0511. The average Bonchev–Trinajstić information content (AvgIpc) is 2.67. The fraction of sp³-hybridized carbons (Fsp3) is 0.0455. The van der Waals surface area contributed by atoms with Crippen LogP contribution in [-0.2, 0) is 6.54 Å². The van der Waals surface area contributed by atoms with Gasteiger partial charge in [0.25, 0.3) is 0 Å². The molecule has 3 aromatic rings. The summed E-state index contributed by atoms with van der Waals surface area (Å²) in [5.74, 6) is -0.911. The van der Waals surface area contributed by atoms with Gasteiger partial charge in [-0.15, -0.1) is 0 Å². The van der Waals surface area contributed by atoms with Gasteiger partial charge in [0.1, 0.15) is 5.82 Å². The SMILES string of the molecule is Nc1ccc(CN/C(=C\C(=O)c2ccccc2F)c2ccccc2)cc1. The molecule has 0 fully saturated rings. The van der Waals surface area contributed by atoms with Crippen LogP contribution in [-0.4, -0.2) is 5.78 Å². The minimum Gasteiger partial charge on any atom is -0.399 e. The Balaban J connectivity index is 1.87. The number of nitrogens with one attached hydrogen (secondary N) is 1. The molecule has 0 aliphatic carbocycles. The number of carbonyl (C=O) groups excluding carboxylic acids is 1. The van der Waals surface area contributed by atoms with Crippen molar-refractivity contribution in [1.29, 1.82) is 0 Å². The summed E-state index contributed by atoms with van der Waals surface area (Å²) < 4.78 is 13.9. The summed E-state index contributed by atoms with van der Waals surface area (Å²) in [5, 5.41) is 3.27. The smallest absolute Gasteiger partial charge is 0.190 e. The van der Waals surface area contributed by atoms with Gasteiger partial charge in [-0.05, 0) is 35.4 Å². The molecule has 0 aliphatic rings. The van der Waals surface area contributed by atoms with Crippen molar-refractivity contribution in [2.45, 2.75) is 6.54 Å². The van der Waals surface area contributed by atoms with Crippen LogP contribution in [0, 0.1) is 5.82 Å². The Morgan fingerprint density at radius 2 is 1.58 bits per heavy atom. The summed E-state index contributed by atoms with van der Waals surface area (Å²) in [7, 11) is 0. The summed E-state index contributed by atoms with van der Waals surface area (Å²) in [6, 6.07) is 23.0. The second-order valence-electron chi connectivity index (χ2n) is 5.86. The highest BCUT2D eigenvalue weighted by molar-refractivity contribution is 6.08. The number of halogens is 1. The van der Waals surface area contributed by atoms with E-state index in [2.05, 4.69) is 5.32 Å². The van der Waals surface area contributed by atoms with Crippen molar-refractivity contribution >= 4 is 17.2 Å². The van der Waals surface area contributed by atoms with E-state index in [-0.39, 0.29) is 11.3 Å². The maximum Gasteiger partial charge on any atom is 0.190 e. The van der Waals surface area contributed by atoms with Gasteiger partial charge in [0.05, 0.1) is 5.56 Å². The molecule has 3 rings (SSSR count). The lowest BCUT2D eigenvalue weighted by atomic mass is 10.1. The number of carbonyl (C=O) groups is 1. The predicted molar refractivity (Wildman–Crippen MR) is 103 cm³/mol. The van der Waals surface area contributed by atoms with Crippen molar-refractivity contribution in [3.8, 4) is 0 Å². The largest absolute Gasteiger partial charge is 0.399 e. The molecule has 0 unspecified atom stereocenters. The third kappa shape index (κ3) is 4.36. The highest BCUT2D eigenvalue weighted by atomic mass is 19.1. The van der Waals surface area contributed by atoms with Gasteiger partial charge in [0, 0.05) is 24.0 Å². The van der Waals surface area contributed by atoms with Crippen LogP contribution < -0.4 is 11.1 Å². The zero-order valence-electron chi connectivity index (χ0n) is 14.2. The first-order valence-corrected chi connectivity index (χ1v) is 8.28. The fourth-order valence-electron chi connectivity index (χ4n) is 2.56. The minimum atomic E-state index is -0.528. The predicted octanol–water partition coefficient (Wildman–Crippen LogP) is 4.42. The number of nitrogens with two attached hydrogens (primary N) is 1. The highest BCUT2D eigenvalue weighted by Crippen LogP contribution is 2.16. The zero-order valence-corrected chi connectivity index (χ0v) is 14.2. The van der Waals surface area contributed by atoms with E-state index in [9.17, 15) is 9.18 Å². The summed E-state index contributed by atoms with van der Waals surface area (Å²) in [5.41, 5.74) is 8.97. The Hall–Kier alpha value is -3.40. The first kappa shape index (κ1) is 17.4. The first-order chi connectivity index (χ1) is 12.6. The number of benzene rings is 3. The van der Waals surface area contributed by atoms with Crippen molar-refractivity contribution in [2.75, 3.05) is 5.73 Å².